The zero-order chi connectivity index (χ0) is 18.2. The van der Waals surface area contributed by atoms with Crippen LogP contribution in [-0.2, 0) is 14.3 Å². The third kappa shape index (κ3) is 6.07. The summed E-state index contributed by atoms with van der Waals surface area (Å²) in [6.07, 6.45) is 3.22. The summed E-state index contributed by atoms with van der Waals surface area (Å²) in [5.74, 6) is 0.541. The van der Waals surface area contributed by atoms with Crippen molar-refractivity contribution in [3.8, 4) is 5.75 Å². The van der Waals surface area contributed by atoms with Crippen LogP contribution in [0.4, 0.5) is 0 Å². The monoisotopic (exact) mass is 348 g/mol. The van der Waals surface area contributed by atoms with Crippen LogP contribution in [0, 0.1) is 11.8 Å². The van der Waals surface area contributed by atoms with E-state index in [1.165, 1.54) is 0 Å². The smallest absolute Gasteiger partial charge is 0.338 e. The van der Waals surface area contributed by atoms with Gasteiger partial charge in [-0.1, -0.05) is 33.6 Å². The minimum absolute atomic E-state index is 0.0546. The first-order chi connectivity index (χ1) is 12.0. The number of benzene rings is 1. The highest BCUT2D eigenvalue weighted by molar-refractivity contribution is 5.89. The first-order valence-corrected chi connectivity index (χ1v) is 9.10. The van der Waals surface area contributed by atoms with Gasteiger partial charge in [0.25, 0.3) is 0 Å². The lowest BCUT2D eigenvalue weighted by Crippen LogP contribution is -2.18. The fourth-order valence-electron chi connectivity index (χ4n) is 2.71. The van der Waals surface area contributed by atoms with E-state index in [0.717, 1.165) is 25.0 Å². The number of carbonyl (C=O) groups excluding carboxylic acids is 2. The first-order valence-electron chi connectivity index (χ1n) is 9.10. The van der Waals surface area contributed by atoms with Crippen LogP contribution in [0.15, 0.2) is 24.3 Å². The number of hydrogen-bond acceptors (Lipinski definition) is 5. The summed E-state index contributed by atoms with van der Waals surface area (Å²) >= 11 is 0. The third-order valence-electron chi connectivity index (χ3n) is 4.14. The van der Waals surface area contributed by atoms with Gasteiger partial charge in [0.15, 0.2) is 0 Å². The van der Waals surface area contributed by atoms with Gasteiger partial charge in [-0.05, 0) is 36.6 Å². The number of carbonyl (C=O) groups is 2. The minimum atomic E-state index is -0.413. The Balaban J connectivity index is 1.77. The second-order valence-corrected chi connectivity index (χ2v) is 6.96. The molecule has 2 atom stereocenters. The lowest BCUT2D eigenvalue weighted by Gasteiger charge is -2.11. The highest BCUT2D eigenvalue weighted by atomic mass is 16.6. The lowest BCUT2D eigenvalue weighted by molar-refractivity contribution is -0.145. The predicted octanol–water partition coefficient (Wildman–Crippen LogP) is 4.00. The van der Waals surface area contributed by atoms with Crippen molar-refractivity contribution in [2.45, 2.75) is 52.6 Å². The van der Waals surface area contributed by atoms with Gasteiger partial charge in [0.1, 0.15) is 18.5 Å². The summed E-state index contributed by atoms with van der Waals surface area (Å²) in [7, 11) is 0. The van der Waals surface area contributed by atoms with Crippen molar-refractivity contribution in [2.24, 2.45) is 11.8 Å². The molecular formula is C20H28O5. The van der Waals surface area contributed by atoms with Gasteiger partial charge in [0, 0.05) is 6.42 Å². The molecule has 5 heteroatoms. The Morgan fingerprint density at radius 2 is 2.00 bits per heavy atom. The zero-order valence-corrected chi connectivity index (χ0v) is 15.3. The van der Waals surface area contributed by atoms with E-state index in [1.54, 1.807) is 24.3 Å². The van der Waals surface area contributed by atoms with Gasteiger partial charge < -0.3 is 14.2 Å². The van der Waals surface area contributed by atoms with Crippen LogP contribution in [0.3, 0.4) is 0 Å². The van der Waals surface area contributed by atoms with Gasteiger partial charge in [0.05, 0.1) is 18.1 Å². The highest BCUT2D eigenvalue weighted by Crippen LogP contribution is 2.26. The molecule has 1 saturated heterocycles. The van der Waals surface area contributed by atoms with E-state index in [9.17, 15) is 9.59 Å². The number of cyclic esters (lactones) is 1. The van der Waals surface area contributed by atoms with Crippen LogP contribution in [-0.4, -0.2) is 31.3 Å². The second kappa shape index (κ2) is 9.44. The van der Waals surface area contributed by atoms with Gasteiger partial charge in [-0.3, -0.25) is 4.79 Å². The molecule has 25 heavy (non-hydrogen) atoms. The summed E-state index contributed by atoms with van der Waals surface area (Å²) in [5, 5.41) is 0. The Hall–Kier alpha value is -2.04. The molecule has 5 nitrogen and oxygen atoms in total. The Bertz CT molecular complexity index is 564. The van der Waals surface area contributed by atoms with Crippen molar-refractivity contribution in [1.82, 2.24) is 0 Å². The molecule has 1 aromatic rings. The summed E-state index contributed by atoms with van der Waals surface area (Å²) in [6.45, 7) is 7.00. The second-order valence-electron chi connectivity index (χ2n) is 6.96. The quantitative estimate of drug-likeness (QED) is 0.631. The third-order valence-corrected chi connectivity index (χ3v) is 4.14. The molecule has 138 valence electrons. The number of ether oxygens (including phenoxy) is 3. The molecule has 0 aliphatic carbocycles. The average Bonchev–Trinajstić information content (AvgIpc) is 2.96. The van der Waals surface area contributed by atoms with Crippen LogP contribution in [0.1, 0.15) is 56.8 Å². The van der Waals surface area contributed by atoms with Crippen molar-refractivity contribution in [3.05, 3.63) is 29.8 Å². The van der Waals surface area contributed by atoms with Crippen LogP contribution in [0.2, 0.25) is 0 Å². The lowest BCUT2D eigenvalue weighted by atomic mass is 9.99. The molecule has 1 heterocycles. The summed E-state index contributed by atoms with van der Waals surface area (Å²) in [4.78, 5) is 23.9. The molecule has 0 amide bonds. The fraction of sp³-hybridized carbons (Fsp3) is 0.600. The van der Waals surface area contributed by atoms with Gasteiger partial charge in [-0.25, -0.2) is 4.79 Å². The van der Waals surface area contributed by atoms with Crippen LogP contribution >= 0.6 is 0 Å². The number of unbranched alkanes of at least 4 members (excludes halogenated alkanes) is 1. The molecular weight excluding hydrogens is 320 g/mol. The highest BCUT2D eigenvalue weighted by Gasteiger charge is 2.34. The average molecular weight is 348 g/mol. The van der Waals surface area contributed by atoms with Gasteiger partial charge >= 0.3 is 11.9 Å². The maximum Gasteiger partial charge on any atom is 0.338 e. The molecule has 2 rings (SSSR count). The Morgan fingerprint density at radius 1 is 1.28 bits per heavy atom. The molecule has 0 aromatic heterocycles. The molecule has 0 saturated carbocycles. The van der Waals surface area contributed by atoms with Crippen LogP contribution < -0.4 is 4.74 Å². The first kappa shape index (κ1) is 19.3. The maximum absolute atomic E-state index is 12.1. The molecule has 0 spiro atoms. The van der Waals surface area contributed by atoms with E-state index in [4.69, 9.17) is 14.2 Å². The van der Waals surface area contributed by atoms with Gasteiger partial charge in [-0.2, -0.15) is 0 Å². The molecule has 0 unspecified atom stereocenters. The Labute approximate surface area is 149 Å². The minimum Gasteiger partial charge on any atom is -0.493 e. The zero-order valence-electron chi connectivity index (χ0n) is 15.3. The van der Waals surface area contributed by atoms with Gasteiger partial charge in [-0.15, -0.1) is 0 Å². The SMILES string of the molecule is CCCC[C@@H]1C[C@H](COC(=O)c2ccc(OCC(C)C)cc2)OC1=O. The molecule has 1 fully saturated rings. The molecule has 1 aliphatic heterocycles. The topological polar surface area (TPSA) is 61.8 Å². The van der Waals surface area contributed by atoms with Crippen molar-refractivity contribution in [1.29, 1.82) is 0 Å². The van der Waals surface area contributed by atoms with Crippen molar-refractivity contribution in [2.75, 3.05) is 13.2 Å². The number of rotatable bonds is 9. The van der Waals surface area contributed by atoms with E-state index in [-0.39, 0.29) is 24.6 Å². The predicted molar refractivity (Wildman–Crippen MR) is 94.6 cm³/mol. The normalized spacial score (nSPS) is 19.8. The van der Waals surface area contributed by atoms with E-state index in [0.29, 0.717) is 24.5 Å². The molecule has 1 aliphatic rings. The van der Waals surface area contributed by atoms with Gasteiger partial charge in [0.2, 0.25) is 0 Å². The Morgan fingerprint density at radius 3 is 2.64 bits per heavy atom. The van der Waals surface area contributed by atoms with Crippen LogP contribution in [0.25, 0.3) is 0 Å². The van der Waals surface area contributed by atoms with Crippen molar-refractivity contribution < 1.29 is 23.8 Å². The summed E-state index contributed by atoms with van der Waals surface area (Å²) in [5.41, 5.74) is 0.462. The fourth-order valence-corrected chi connectivity index (χ4v) is 2.71. The summed E-state index contributed by atoms with van der Waals surface area (Å²) in [6, 6.07) is 6.89. The van der Waals surface area contributed by atoms with E-state index >= 15 is 0 Å². The largest absolute Gasteiger partial charge is 0.493 e. The standard InChI is InChI=1S/C20H28O5/c1-4-5-6-16-11-18(25-20(16)22)13-24-19(21)15-7-9-17(10-8-15)23-12-14(2)3/h7-10,14,16,18H,4-6,11-13H2,1-3H3/t16-,18-/m1/s1. The molecule has 0 bridgehead atoms. The van der Waals surface area contributed by atoms with E-state index in [1.807, 2.05) is 0 Å². The van der Waals surface area contributed by atoms with E-state index < -0.39 is 5.97 Å². The molecule has 0 radical (unpaired) electrons. The summed E-state index contributed by atoms with van der Waals surface area (Å²) < 4.78 is 16.2. The van der Waals surface area contributed by atoms with E-state index in [2.05, 4.69) is 20.8 Å². The number of esters is 2. The molecule has 1 aromatic carbocycles. The van der Waals surface area contributed by atoms with Crippen LogP contribution in [0.5, 0.6) is 5.75 Å². The van der Waals surface area contributed by atoms with Crippen molar-refractivity contribution in [3.63, 3.8) is 0 Å². The molecule has 0 N–H and O–H groups in total. The maximum atomic E-state index is 12.1. The number of hydrogen-bond donors (Lipinski definition) is 0. The Kier molecular flexibility index (Phi) is 7.29. The van der Waals surface area contributed by atoms with Crippen molar-refractivity contribution >= 4 is 11.9 Å².